The molecule has 1 aromatic heterocycles. The molecule has 7 nitrogen and oxygen atoms in total. The van der Waals surface area contributed by atoms with Gasteiger partial charge in [-0.15, -0.1) is 0 Å². The van der Waals surface area contributed by atoms with Crippen LogP contribution in [0.4, 0.5) is 11.8 Å². The molecule has 1 aliphatic heterocycles. The van der Waals surface area contributed by atoms with Crippen LogP contribution in [-0.4, -0.2) is 44.6 Å². The van der Waals surface area contributed by atoms with Crippen LogP contribution >= 0.6 is 0 Å². The number of aromatic nitrogens is 2. The van der Waals surface area contributed by atoms with E-state index in [1.165, 1.54) is 19.3 Å². The van der Waals surface area contributed by atoms with Crippen molar-refractivity contribution in [3.8, 4) is 0 Å². The van der Waals surface area contributed by atoms with Crippen LogP contribution in [0, 0.1) is 27.7 Å². The highest BCUT2D eigenvalue weighted by Gasteiger charge is 2.19. The molecule has 0 aliphatic carbocycles. The summed E-state index contributed by atoms with van der Waals surface area (Å²) in [4.78, 5) is 11.7. The van der Waals surface area contributed by atoms with E-state index in [-0.39, 0.29) is 6.54 Å². The monoisotopic (exact) mass is 417 g/mol. The van der Waals surface area contributed by atoms with Gasteiger partial charge in [-0.3, -0.25) is 0 Å². The molecule has 8 heteroatoms. The Morgan fingerprint density at radius 1 is 0.931 bits per heavy atom. The number of piperidine rings is 1. The largest absolute Gasteiger partial charge is 0.356 e. The van der Waals surface area contributed by atoms with Crippen LogP contribution in [0.1, 0.15) is 41.6 Å². The van der Waals surface area contributed by atoms with Gasteiger partial charge in [0.1, 0.15) is 5.82 Å². The molecule has 0 unspecified atom stereocenters. The van der Waals surface area contributed by atoms with Crippen molar-refractivity contribution in [1.29, 1.82) is 0 Å². The van der Waals surface area contributed by atoms with Gasteiger partial charge in [-0.25, -0.2) is 18.1 Å². The molecule has 29 heavy (non-hydrogen) atoms. The molecule has 0 atom stereocenters. The molecule has 1 fully saturated rings. The zero-order valence-electron chi connectivity index (χ0n) is 17.7. The molecular formula is C21H31N5O2S. The summed E-state index contributed by atoms with van der Waals surface area (Å²) < 4.78 is 28.2. The van der Waals surface area contributed by atoms with Gasteiger partial charge in [0.25, 0.3) is 0 Å². The van der Waals surface area contributed by atoms with Gasteiger partial charge in [0, 0.05) is 37.9 Å². The van der Waals surface area contributed by atoms with Crippen LogP contribution in [0.25, 0.3) is 0 Å². The van der Waals surface area contributed by atoms with Gasteiger partial charge in [0.05, 0.1) is 4.90 Å². The first kappa shape index (κ1) is 21.5. The van der Waals surface area contributed by atoms with Gasteiger partial charge in [0.2, 0.25) is 16.0 Å². The number of aryl methyl sites for hydroxylation is 4. The Kier molecular flexibility index (Phi) is 6.74. The Bertz CT molecular complexity index is 946. The second-order valence-corrected chi connectivity index (χ2v) is 9.50. The van der Waals surface area contributed by atoms with E-state index in [0.717, 1.165) is 41.3 Å². The third kappa shape index (κ3) is 5.45. The second kappa shape index (κ2) is 9.09. The minimum Gasteiger partial charge on any atom is -0.356 e. The van der Waals surface area contributed by atoms with Crippen LogP contribution < -0.4 is 14.9 Å². The van der Waals surface area contributed by atoms with Crippen molar-refractivity contribution >= 4 is 21.8 Å². The van der Waals surface area contributed by atoms with Crippen LogP contribution in [0.5, 0.6) is 0 Å². The van der Waals surface area contributed by atoms with E-state index in [0.29, 0.717) is 17.4 Å². The van der Waals surface area contributed by atoms with E-state index in [4.69, 9.17) is 0 Å². The third-order valence-electron chi connectivity index (χ3n) is 5.09. The zero-order valence-corrected chi connectivity index (χ0v) is 18.6. The summed E-state index contributed by atoms with van der Waals surface area (Å²) in [5.74, 6) is 1.47. The van der Waals surface area contributed by atoms with E-state index < -0.39 is 10.0 Å². The molecule has 0 spiro atoms. The predicted molar refractivity (Wildman–Crippen MR) is 117 cm³/mol. The number of nitrogens with one attached hydrogen (secondary N) is 2. The number of nitrogens with zero attached hydrogens (tertiary/aromatic N) is 3. The summed E-state index contributed by atoms with van der Waals surface area (Å²) in [6, 6.07) is 5.78. The maximum atomic E-state index is 12.7. The van der Waals surface area contributed by atoms with Gasteiger partial charge in [-0.2, -0.15) is 4.98 Å². The number of rotatable bonds is 7. The third-order valence-corrected chi connectivity index (χ3v) is 6.86. The summed E-state index contributed by atoms with van der Waals surface area (Å²) in [6.45, 7) is 10.3. The topological polar surface area (TPSA) is 87.2 Å². The average Bonchev–Trinajstić information content (AvgIpc) is 2.64. The average molecular weight is 418 g/mol. The van der Waals surface area contributed by atoms with E-state index in [1.807, 2.05) is 45.9 Å². The number of hydrogen-bond donors (Lipinski definition) is 2. The van der Waals surface area contributed by atoms with Crippen molar-refractivity contribution in [1.82, 2.24) is 14.7 Å². The lowest BCUT2D eigenvalue weighted by Gasteiger charge is -2.28. The lowest BCUT2D eigenvalue weighted by molar-refractivity contribution is 0.573. The number of sulfonamides is 1. The number of anilines is 2. The SMILES string of the molecule is Cc1cc(C)c(S(=O)(=O)NCCNc2nc(C)cc(N3CCCCC3)n2)c(C)c1. The fourth-order valence-corrected chi connectivity index (χ4v) is 5.42. The smallest absolute Gasteiger partial charge is 0.241 e. The molecule has 0 amide bonds. The quantitative estimate of drug-likeness (QED) is 0.673. The molecule has 3 rings (SSSR count). The lowest BCUT2D eigenvalue weighted by Crippen LogP contribution is -2.31. The number of benzene rings is 1. The molecule has 1 saturated heterocycles. The first-order valence-electron chi connectivity index (χ1n) is 10.2. The maximum absolute atomic E-state index is 12.7. The van der Waals surface area contributed by atoms with Crippen molar-refractivity contribution in [3.05, 3.63) is 40.6 Å². The highest BCUT2D eigenvalue weighted by Crippen LogP contribution is 2.22. The molecule has 2 heterocycles. The molecule has 1 aliphatic rings. The maximum Gasteiger partial charge on any atom is 0.241 e. The summed E-state index contributed by atoms with van der Waals surface area (Å²) >= 11 is 0. The van der Waals surface area contributed by atoms with E-state index in [9.17, 15) is 8.42 Å². The molecule has 0 radical (unpaired) electrons. The molecule has 0 saturated carbocycles. The minimum atomic E-state index is -3.57. The van der Waals surface area contributed by atoms with Gasteiger partial charge >= 0.3 is 0 Å². The Morgan fingerprint density at radius 3 is 2.24 bits per heavy atom. The Morgan fingerprint density at radius 2 is 1.59 bits per heavy atom. The van der Waals surface area contributed by atoms with Gasteiger partial charge in [-0.05, 0) is 58.1 Å². The van der Waals surface area contributed by atoms with Gasteiger partial charge in [-0.1, -0.05) is 17.7 Å². The zero-order chi connectivity index (χ0) is 21.0. The first-order chi connectivity index (χ1) is 13.8. The van der Waals surface area contributed by atoms with Gasteiger partial charge < -0.3 is 10.2 Å². The van der Waals surface area contributed by atoms with Crippen LogP contribution in [0.3, 0.4) is 0 Å². The van der Waals surface area contributed by atoms with Crippen molar-refractivity contribution < 1.29 is 8.42 Å². The second-order valence-electron chi connectivity index (χ2n) is 7.79. The molecular weight excluding hydrogens is 386 g/mol. The fraction of sp³-hybridized carbons (Fsp3) is 0.524. The van der Waals surface area contributed by atoms with E-state index in [1.54, 1.807) is 0 Å². The standard InChI is InChI=1S/C21H31N5O2S/c1-15-12-16(2)20(17(3)13-15)29(27,28)23-9-8-22-21-24-18(4)14-19(25-21)26-10-6-5-7-11-26/h12-14,23H,5-11H2,1-4H3,(H,22,24,25). The normalized spacial score (nSPS) is 14.8. The Labute approximate surface area is 174 Å². The summed E-state index contributed by atoms with van der Waals surface area (Å²) in [5, 5.41) is 3.15. The predicted octanol–water partition coefficient (Wildman–Crippen LogP) is 3.09. The molecule has 0 bridgehead atoms. The van der Waals surface area contributed by atoms with Gasteiger partial charge in [0.15, 0.2) is 0 Å². The Balaban J connectivity index is 1.61. The van der Waals surface area contributed by atoms with Crippen molar-refractivity contribution in [2.75, 3.05) is 36.4 Å². The van der Waals surface area contributed by atoms with E-state index >= 15 is 0 Å². The summed E-state index contributed by atoms with van der Waals surface area (Å²) in [5.41, 5.74) is 3.48. The lowest BCUT2D eigenvalue weighted by atomic mass is 10.1. The van der Waals surface area contributed by atoms with E-state index in [2.05, 4.69) is 24.9 Å². The molecule has 158 valence electrons. The van der Waals surface area contributed by atoms with Crippen molar-refractivity contribution in [2.24, 2.45) is 0 Å². The highest BCUT2D eigenvalue weighted by molar-refractivity contribution is 7.89. The first-order valence-corrected chi connectivity index (χ1v) is 11.7. The van der Waals surface area contributed by atoms with Crippen molar-refractivity contribution in [2.45, 2.75) is 51.9 Å². The minimum absolute atomic E-state index is 0.255. The summed E-state index contributed by atoms with van der Waals surface area (Å²) in [7, 11) is -3.57. The summed E-state index contributed by atoms with van der Waals surface area (Å²) in [6.07, 6.45) is 3.64. The Hall–Kier alpha value is -2.19. The van der Waals surface area contributed by atoms with Crippen LogP contribution in [0.15, 0.2) is 23.1 Å². The van der Waals surface area contributed by atoms with Crippen molar-refractivity contribution in [3.63, 3.8) is 0 Å². The highest BCUT2D eigenvalue weighted by atomic mass is 32.2. The number of hydrogen-bond acceptors (Lipinski definition) is 6. The molecule has 2 N–H and O–H groups in total. The van der Waals surface area contributed by atoms with Crippen LogP contribution in [0.2, 0.25) is 0 Å². The molecule has 2 aromatic rings. The van der Waals surface area contributed by atoms with Crippen LogP contribution in [-0.2, 0) is 10.0 Å². The fourth-order valence-electron chi connectivity index (χ4n) is 3.94. The molecule has 1 aromatic carbocycles.